The Labute approximate surface area is 173 Å². The molecule has 0 spiro atoms. The topological polar surface area (TPSA) is 77.4 Å². The predicted molar refractivity (Wildman–Crippen MR) is 81.6 cm³/mol. The number of hydrogen-bond donors (Lipinski definition) is 1. The Balaban J connectivity index is 0. The van der Waals surface area contributed by atoms with Crippen molar-refractivity contribution in [3.8, 4) is 0 Å². The number of hydrogen-bond acceptors (Lipinski definition) is 4. The summed E-state index contributed by atoms with van der Waals surface area (Å²) in [7, 11) is -4.18. The quantitative estimate of drug-likeness (QED) is 0.301. The van der Waals surface area contributed by atoms with Gasteiger partial charge in [-0.25, -0.2) is 8.42 Å². The molecule has 122 valence electrons. The van der Waals surface area contributed by atoms with Gasteiger partial charge in [-0.2, -0.15) is 0 Å². The van der Waals surface area contributed by atoms with Gasteiger partial charge in [0.05, 0.1) is 16.2 Å². The Kier molecular flexibility index (Phi) is 17.8. The molecule has 0 aromatic rings. The summed E-state index contributed by atoms with van der Waals surface area (Å²) in [5.74, 6) is 0. The molecule has 4 nitrogen and oxygen atoms in total. The average molecular weight is 347 g/mol. The molecule has 6 heteroatoms. The molecule has 0 heterocycles. The molecule has 2 unspecified atom stereocenters. The fourth-order valence-corrected chi connectivity index (χ4v) is 3.37. The zero-order chi connectivity index (χ0) is 15.4. The Hall–Kier alpha value is 1.51. The van der Waals surface area contributed by atoms with Crippen LogP contribution in [0.4, 0.5) is 0 Å². The first kappa shape index (κ1) is 24.8. The van der Waals surface area contributed by atoms with Gasteiger partial charge in [-0.15, -0.1) is 0 Å². The van der Waals surface area contributed by atoms with E-state index in [9.17, 15) is 18.1 Å². The van der Waals surface area contributed by atoms with Crippen LogP contribution in [0.15, 0.2) is 0 Å². The van der Waals surface area contributed by atoms with Gasteiger partial charge >= 0.3 is 51.4 Å². The minimum Gasteiger partial charge on any atom is -0.748 e. The van der Waals surface area contributed by atoms with Gasteiger partial charge < -0.3 is 9.66 Å². The van der Waals surface area contributed by atoms with Crippen LogP contribution in [0.1, 0.15) is 84.5 Å². The molecule has 0 saturated carbocycles. The smallest absolute Gasteiger partial charge is 0.748 e. The molecular formula is C15H31KO4S. The summed E-state index contributed by atoms with van der Waals surface area (Å²) in [5, 5.41) is 8.86. The van der Waals surface area contributed by atoms with E-state index in [1.807, 2.05) is 6.92 Å². The van der Waals surface area contributed by atoms with Gasteiger partial charge in [0, 0.05) is 5.25 Å². The average Bonchev–Trinajstić information content (AvgIpc) is 2.35. The molecule has 0 amide bonds. The van der Waals surface area contributed by atoms with Crippen molar-refractivity contribution >= 4 is 10.1 Å². The molecule has 0 aliphatic carbocycles. The molecule has 0 bridgehead atoms. The maximum atomic E-state index is 11.2. The molecular weight excluding hydrogens is 315 g/mol. The number of aliphatic hydroxyl groups is 1. The first-order chi connectivity index (χ1) is 9.41. The number of unbranched alkanes of at least 4 members (excludes halogenated alkanes) is 4. The molecule has 0 radical (unpaired) electrons. The van der Waals surface area contributed by atoms with E-state index >= 15 is 0 Å². The van der Waals surface area contributed by atoms with Crippen LogP contribution < -0.4 is 51.4 Å². The maximum absolute atomic E-state index is 11.2. The van der Waals surface area contributed by atoms with Crippen molar-refractivity contribution in [2.45, 2.75) is 95.8 Å². The summed E-state index contributed by atoms with van der Waals surface area (Å²) in [6.07, 6.45) is 8.61. The fraction of sp³-hybridized carbons (Fsp3) is 1.00. The third-order valence-electron chi connectivity index (χ3n) is 3.72. The maximum Gasteiger partial charge on any atom is 1.00 e. The van der Waals surface area contributed by atoms with E-state index in [1.165, 1.54) is 0 Å². The van der Waals surface area contributed by atoms with Crippen molar-refractivity contribution in [3.05, 3.63) is 0 Å². The summed E-state index contributed by atoms with van der Waals surface area (Å²) >= 11 is 0. The van der Waals surface area contributed by atoms with Crippen molar-refractivity contribution in [1.82, 2.24) is 0 Å². The van der Waals surface area contributed by atoms with E-state index in [1.54, 1.807) is 0 Å². The van der Waals surface area contributed by atoms with Crippen LogP contribution in [-0.4, -0.2) is 29.4 Å². The number of aliphatic hydroxyl groups excluding tert-OH is 1. The predicted octanol–water partition coefficient (Wildman–Crippen LogP) is 0.596. The van der Waals surface area contributed by atoms with Gasteiger partial charge in [-0.05, 0) is 25.7 Å². The Bertz CT molecular complexity index is 320. The molecule has 0 rings (SSSR count). The second-order valence-electron chi connectivity index (χ2n) is 5.69. The van der Waals surface area contributed by atoms with Crippen molar-refractivity contribution in [2.75, 3.05) is 0 Å². The van der Waals surface area contributed by atoms with Crippen LogP contribution in [0, 0.1) is 0 Å². The monoisotopic (exact) mass is 346 g/mol. The van der Waals surface area contributed by atoms with Gasteiger partial charge in [-0.1, -0.05) is 58.8 Å². The molecule has 0 aromatic carbocycles. The molecule has 0 aliphatic rings. The third-order valence-corrected chi connectivity index (χ3v) is 5.01. The van der Waals surface area contributed by atoms with E-state index < -0.39 is 15.4 Å². The van der Waals surface area contributed by atoms with E-state index in [4.69, 9.17) is 0 Å². The second kappa shape index (κ2) is 15.1. The Morgan fingerprint density at radius 1 is 0.857 bits per heavy atom. The zero-order valence-electron chi connectivity index (χ0n) is 14.0. The first-order valence-electron chi connectivity index (χ1n) is 8.04. The van der Waals surface area contributed by atoms with Crippen LogP contribution >= 0.6 is 0 Å². The Morgan fingerprint density at radius 3 is 1.86 bits per heavy atom. The minimum absolute atomic E-state index is 0. The van der Waals surface area contributed by atoms with E-state index in [2.05, 4.69) is 6.92 Å². The SMILES string of the molecule is CCCCCCC(CCCCC(O)CCC)S(=O)(=O)[O-].[K+]. The second-order valence-corrected chi connectivity index (χ2v) is 7.34. The third kappa shape index (κ3) is 14.8. The van der Waals surface area contributed by atoms with Gasteiger partial charge in [-0.3, -0.25) is 0 Å². The van der Waals surface area contributed by atoms with E-state index in [-0.39, 0.29) is 57.5 Å². The van der Waals surface area contributed by atoms with Crippen LogP contribution in [0.25, 0.3) is 0 Å². The minimum atomic E-state index is -4.18. The summed E-state index contributed by atoms with van der Waals surface area (Å²) in [5.41, 5.74) is 0. The molecule has 0 aliphatic heterocycles. The molecule has 0 saturated heterocycles. The standard InChI is InChI=1S/C15H32O4S.K/c1-3-5-6-7-12-15(20(17,18)19)13-9-8-11-14(16)10-4-2;/h14-16H,3-13H2,1-2H3,(H,17,18,19);/q;+1/p-1. The van der Waals surface area contributed by atoms with Crippen molar-refractivity contribution in [2.24, 2.45) is 0 Å². The molecule has 21 heavy (non-hydrogen) atoms. The summed E-state index contributed by atoms with van der Waals surface area (Å²) < 4.78 is 33.7. The van der Waals surface area contributed by atoms with Gasteiger partial charge in [0.2, 0.25) is 0 Å². The first-order valence-corrected chi connectivity index (χ1v) is 9.51. The molecule has 0 aromatic heterocycles. The molecule has 1 N–H and O–H groups in total. The van der Waals surface area contributed by atoms with Gasteiger partial charge in [0.1, 0.15) is 0 Å². The van der Waals surface area contributed by atoms with Crippen molar-refractivity contribution in [3.63, 3.8) is 0 Å². The van der Waals surface area contributed by atoms with Gasteiger partial charge in [0.15, 0.2) is 0 Å². The molecule has 2 atom stereocenters. The zero-order valence-corrected chi connectivity index (χ0v) is 18.0. The van der Waals surface area contributed by atoms with Crippen molar-refractivity contribution in [1.29, 1.82) is 0 Å². The summed E-state index contributed by atoms with van der Waals surface area (Å²) in [6.45, 7) is 4.13. The summed E-state index contributed by atoms with van der Waals surface area (Å²) in [6, 6.07) is 0. The largest absolute Gasteiger partial charge is 1.00 e. The van der Waals surface area contributed by atoms with Crippen LogP contribution in [0.5, 0.6) is 0 Å². The van der Waals surface area contributed by atoms with Crippen LogP contribution in [0.3, 0.4) is 0 Å². The Morgan fingerprint density at radius 2 is 1.38 bits per heavy atom. The number of rotatable bonds is 13. The fourth-order valence-electron chi connectivity index (χ4n) is 2.46. The molecule has 0 fully saturated rings. The summed E-state index contributed by atoms with van der Waals surface area (Å²) in [4.78, 5) is 0. The van der Waals surface area contributed by atoms with E-state index in [0.29, 0.717) is 25.7 Å². The van der Waals surface area contributed by atoms with Gasteiger partial charge in [0.25, 0.3) is 0 Å². The van der Waals surface area contributed by atoms with Crippen molar-refractivity contribution < 1.29 is 69.5 Å². The normalized spacial score (nSPS) is 14.5. The van der Waals surface area contributed by atoms with Crippen LogP contribution in [0.2, 0.25) is 0 Å². The van der Waals surface area contributed by atoms with Crippen LogP contribution in [-0.2, 0) is 10.1 Å². The van der Waals surface area contributed by atoms with E-state index in [0.717, 1.165) is 44.9 Å².